The van der Waals surface area contributed by atoms with E-state index in [0.29, 0.717) is 12.2 Å². The van der Waals surface area contributed by atoms with Crippen LogP contribution in [0.2, 0.25) is 0 Å². The Labute approximate surface area is 99.8 Å². The zero-order valence-electron chi connectivity index (χ0n) is 11.1. The fourth-order valence-electron chi connectivity index (χ4n) is 2.33. The average molecular weight is 226 g/mol. The van der Waals surface area contributed by atoms with Crippen LogP contribution in [-0.2, 0) is 9.53 Å². The molecule has 0 aromatic carbocycles. The minimum absolute atomic E-state index is 0.150. The van der Waals surface area contributed by atoms with Gasteiger partial charge >= 0.3 is 0 Å². The maximum absolute atomic E-state index is 11.7. The second kappa shape index (κ2) is 6.39. The lowest BCUT2D eigenvalue weighted by molar-refractivity contribution is -0.120. The fourth-order valence-corrected chi connectivity index (χ4v) is 2.33. The average Bonchev–Trinajstić information content (AvgIpc) is 2.76. The molecule has 1 aliphatic rings. The van der Waals surface area contributed by atoms with Gasteiger partial charge in [-0.3, -0.25) is 4.79 Å². The molecule has 2 heteroatoms. The van der Waals surface area contributed by atoms with E-state index >= 15 is 0 Å². The molecule has 0 aromatic heterocycles. The predicted octanol–water partition coefficient (Wildman–Crippen LogP) is 3.73. The number of hydrogen-bond acceptors (Lipinski definition) is 2. The summed E-state index contributed by atoms with van der Waals surface area (Å²) in [6.45, 7) is 4.08. The summed E-state index contributed by atoms with van der Waals surface area (Å²) < 4.78 is 5.31. The van der Waals surface area contributed by atoms with Gasteiger partial charge < -0.3 is 4.74 Å². The predicted molar refractivity (Wildman–Crippen MR) is 66.5 cm³/mol. The minimum atomic E-state index is -0.150. The van der Waals surface area contributed by atoms with Crippen molar-refractivity contribution in [1.82, 2.24) is 0 Å². The van der Waals surface area contributed by atoms with Gasteiger partial charge in [-0.2, -0.15) is 0 Å². The first kappa shape index (κ1) is 13.7. The molecular formula is C14H26O2. The molecule has 0 N–H and O–H groups in total. The number of Topliss-reactive ketones (excluding diaryl/α,β-unsaturated/α-hetero) is 1. The third kappa shape index (κ3) is 5.11. The lowest BCUT2D eigenvalue weighted by Gasteiger charge is -2.22. The largest absolute Gasteiger partial charge is 0.379 e. The van der Waals surface area contributed by atoms with Crippen molar-refractivity contribution in [1.29, 1.82) is 0 Å². The first-order valence-electron chi connectivity index (χ1n) is 6.60. The molecule has 0 unspecified atom stereocenters. The third-order valence-corrected chi connectivity index (χ3v) is 3.86. The standard InChI is InChI=1S/C14H26O2/c1-14(2,16-3)11-10-13(15)9-8-12-6-4-5-7-12/h12H,4-11H2,1-3H3. The highest BCUT2D eigenvalue weighted by Gasteiger charge is 2.19. The Kier molecular flexibility index (Phi) is 5.47. The molecule has 1 rings (SSSR count). The molecule has 0 heterocycles. The van der Waals surface area contributed by atoms with E-state index in [-0.39, 0.29) is 5.60 Å². The Balaban J connectivity index is 2.10. The highest BCUT2D eigenvalue weighted by molar-refractivity contribution is 5.78. The minimum Gasteiger partial charge on any atom is -0.379 e. The van der Waals surface area contributed by atoms with Gasteiger partial charge in [0.1, 0.15) is 5.78 Å². The summed E-state index contributed by atoms with van der Waals surface area (Å²) in [4.78, 5) is 11.7. The van der Waals surface area contributed by atoms with E-state index in [1.807, 2.05) is 13.8 Å². The van der Waals surface area contributed by atoms with Crippen LogP contribution in [0.25, 0.3) is 0 Å². The van der Waals surface area contributed by atoms with Crippen LogP contribution < -0.4 is 0 Å². The normalized spacial score (nSPS) is 17.9. The van der Waals surface area contributed by atoms with Gasteiger partial charge in [0.15, 0.2) is 0 Å². The molecule has 1 saturated carbocycles. The van der Waals surface area contributed by atoms with Crippen molar-refractivity contribution in [2.24, 2.45) is 5.92 Å². The van der Waals surface area contributed by atoms with E-state index in [2.05, 4.69) is 0 Å². The number of carbonyl (C=O) groups is 1. The fraction of sp³-hybridized carbons (Fsp3) is 0.929. The van der Waals surface area contributed by atoms with Crippen LogP contribution in [0.5, 0.6) is 0 Å². The molecular weight excluding hydrogens is 200 g/mol. The molecule has 0 radical (unpaired) electrons. The van der Waals surface area contributed by atoms with Gasteiger partial charge in [0, 0.05) is 20.0 Å². The first-order chi connectivity index (χ1) is 7.53. The first-order valence-corrected chi connectivity index (χ1v) is 6.60. The Morgan fingerprint density at radius 2 is 1.88 bits per heavy atom. The van der Waals surface area contributed by atoms with Crippen LogP contribution in [0, 0.1) is 5.92 Å². The summed E-state index contributed by atoms with van der Waals surface area (Å²) >= 11 is 0. The van der Waals surface area contributed by atoms with E-state index in [4.69, 9.17) is 4.74 Å². The Hall–Kier alpha value is -0.370. The molecule has 0 bridgehead atoms. The molecule has 0 saturated heterocycles. The Bertz CT molecular complexity index is 215. The number of ether oxygens (including phenoxy) is 1. The van der Waals surface area contributed by atoms with E-state index in [9.17, 15) is 4.79 Å². The van der Waals surface area contributed by atoms with Crippen molar-refractivity contribution in [3.05, 3.63) is 0 Å². The summed E-state index contributed by atoms with van der Waals surface area (Å²) in [7, 11) is 1.71. The van der Waals surface area contributed by atoms with Crippen LogP contribution in [0.15, 0.2) is 0 Å². The third-order valence-electron chi connectivity index (χ3n) is 3.86. The van der Waals surface area contributed by atoms with Crippen molar-refractivity contribution in [2.75, 3.05) is 7.11 Å². The van der Waals surface area contributed by atoms with Crippen molar-refractivity contribution in [2.45, 2.75) is 70.8 Å². The molecule has 2 nitrogen and oxygen atoms in total. The number of carbonyl (C=O) groups excluding carboxylic acids is 1. The second-order valence-corrected chi connectivity index (χ2v) is 5.69. The lowest BCUT2D eigenvalue weighted by Crippen LogP contribution is -2.23. The number of methoxy groups -OCH3 is 1. The molecule has 94 valence electrons. The van der Waals surface area contributed by atoms with Crippen molar-refractivity contribution < 1.29 is 9.53 Å². The zero-order chi connectivity index (χ0) is 12.0. The molecule has 0 aliphatic heterocycles. The topological polar surface area (TPSA) is 26.3 Å². The van der Waals surface area contributed by atoms with Crippen molar-refractivity contribution in [3.8, 4) is 0 Å². The van der Waals surface area contributed by atoms with Gasteiger partial charge in [0.25, 0.3) is 0 Å². The Morgan fingerprint density at radius 3 is 2.44 bits per heavy atom. The second-order valence-electron chi connectivity index (χ2n) is 5.69. The van der Waals surface area contributed by atoms with E-state index < -0.39 is 0 Å². The molecule has 1 aliphatic carbocycles. The lowest BCUT2D eigenvalue weighted by atomic mass is 9.95. The van der Waals surface area contributed by atoms with Crippen LogP contribution in [0.4, 0.5) is 0 Å². The smallest absolute Gasteiger partial charge is 0.133 e. The zero-order valence-corrected chi connectivity index (χ0v) is 11.1. The van der Waals surface area contributed by atoms with E-state index in [1.54, 1.807) is 7.11 Å². The monoisotopic (exact) mass is 226 g/mol. The van der Waals surface area contributed by atoms with Gasteiger partial charge in [-0.15, -0.1) is 0 Å². The Morgan fingerprint density at radius 1 is 1.25 bits per heavy atom. The van der Waals surface area contributed by atoms with Crippen LogP contribution >= 0.6 is 0 Å². The molecule has 0 aromatic rings. The number of ketones is 1. The van der Waals surface area contributed by atoms with Crippen LogP contribution in [0.3, 0.4) is 0 Å². The maximum Gasteiger partial charge on any atom is 0.133 e. The molecule has 16 heavy (non-hydrogen) atoms. The number of hydrogen-bond donors (Lipinski definition) is 0. The molecule has 1 fully saturated rings. The van der Waals surface area contributed by atoms with Gasteiger partial charge in [0.05, 0.1) is 5.60 Å². The molecule has 0 atom stereocenters. The molecule has 0 spiro atoms. The van der Waals surface area contributed by atoms with E-state index in [0.717, 1.165) is 25.2 Å². The maximum atomic E-state index is 11.7. The quantitative estimate of drug-likeness (QED) is 0.661. The molecule has 0 amide bonds. The van der Waals surface area contributed by atoms with Crippen LogP contribution in [-0.4, -0.2) is 18.5 Å². The highest BCUT2D eigenvalue weighted by atomic mass is 16.5. The van der Waals surface area contributed by atoms with E-state index in [1.165, 1.54) is 25.7 Å². The summed E-state index contributed by atoms with van der Waals surface area (Å²) in [6, 6.07) is 0. The van der Waals surface area contributed by atoms with Gasteiger partial charge in [-0.1, -0.05) is 25.7 Å². The van der Waals surface area contributed by atoms with Crippen LogP contribution in [0.1, 0.15) is 65.2 Å². The summed E-state index contributed by atoms with van der Waals surface area (Å²) in [5.74, 6) is 1.25. The van der Waals surface area contributed by atoms with Crippen molar-refractivity contribution in [3.63, 3.8) is 0 Å². The highest BCUT2D eigenvalue weighted by Crippen LogP contribution is 2.29. The summed E-state index contributed by atoms with van der Waals surface area (Å²) in [5.41, 5.74) is -0.150. The van der Waals surface area contributed by atoms with Gasteiger partial charge in [-0.05, 0) is 32.6 Å². The SMILES string of the molecule is COC(C)(C)CCC(=O)CCC1CCCC1. The van der Waals surface area contributed by atoms with Gasteiger partial charge in [-0.25, -0.2) is 0 Å². The van der Waals surface area contributed by atoms with Gasteiger partial charge in [0.2, 0.25) is 0 Å². The summed E-state index contributed by atoms with van der Waals surface area (Å²) in [6.07, 6.45) is 8.84. The number of rotatable bonds is 7. The van der Waals surface area contributed by atoms with Crippen molar-refractivity contribution >= 4 is 5.78 Å². The summed E-state index contributed by atoms with van der Waals surface area (Å²) in [5, 5.41) is 0.